The monoisotopic (exact) mass is 207 g/mol. The second-order valence-corrected chi connectivity index (χ2v) is 3.71. The number of hydrogen-bond acceptors (Lipinski definition) is 3. The number of methoxy groups -OCH3 is 1. The number of hydrogen-bond donors (Lipinski definition) is 1. The molecule has 1 aromatic rings. The van der Waals surface area contributed by atoms with E-state index in [1.54, 1.807) is 6.07 Å². The van der Waals surface area contributed by atoms with Crippen molar-refractivity contribution in [2.45, 2.75) is 25.8 Å². The zero-order chi connectivity index (χ0) is 11.3. The van der Waals surface area contributed by atoms with Crippen LogP contribution in [-0.4, -0.2) is 19.1 Å². The molecule has 0 amide bonds. The van der Waals surface area contributed by atoms with E-state index in [0.29, 0.717) is 5.56 Å². The van der Waals surface area contributed by atoms with E-state index in [2.05, 4.69) is 4.74 Å². The Bertz CT molecular complexity index is 334. The molecule has 15 heavy (non-hydrogen) atoms. The van der Waals surface area contributed by atoms with Crippen LogP contribution in [0.4, 0.5) is 0 Å². The molecule has 0 bridgehead atoms. The Labute approximate surface area is 90.2 Å². The van der Waals surface area contributed by atoms with Gasteiger partial charge in [0.1, 0.15) is 0 Å². The standard InChI is InChI=1S/C12H17NO2/c1-9(13)6-7-10-4-3-5-11(8-10)12(14)15-2/h3-5,8-9H,6-7,13H2,1-2H3. The molecule has 0 heterocycles. The summed E-state index contributed by atoms with van der Waals surface area (Å²) in [5.74, 6) is -0.294. The van der Waals surface area contributed by atoms with Crippen molar-refractivity contribution < 1.29 is 9.53 Å². The first-order valence-corrected chi connectivity index (χ1v) is 5.06. The van der Waals surface area contributed by atoms with Crippen molar-refractivity contribution in [1.29, 1.82) is 0 Å². The largest absolute Gasteiger partial charge is 0.465 e. The van der Waals surface area contributed by atoms with Crippen molar-refractivity contribution in [1.82, 2.24) is 0 Å². The lowest BCUT2D eigenvalue weighted by atomic mass is 10.0. The first kappa shape index (κ1) is 11.7. The van der Waals surface area contributed by atoms with E-state index in [4.69, 9.17) is 5.73 Å². The van der Waals surface area contributed by atoms with Crippen molar-refractivity contribution in [3.8, 4) is 0 Å². The quantitative estimate of drug-likeness (QED) is 0.765. The molecule has 1 rings (SSSR count). The highest BCUT2D eigenvalue weighted by Crippen LogP contribution is 2.09. The molecule has 0 spiro atoms. The smallest absolute Gasteiger partial charge is 0.337 e. The molecule has 0 aliphatic rings. The Hall–Kier alpha value is -1.35. The van der Waals surface area contributed by atoms with Crippen LogP contribution in [0.15, 0.2) is 24.3 Å². The van der Waals surface area contributed by atoms with Crippen LogP contribution in [0.2, 0.25) is 0 Å². The minimum Gasteiger partial charge on any atom is -0.465 e. The lowest BCUT2D eigenvalue weighted by molar-refractivity contribution is 0.0600. The third-order valence-corrected chi connectivity index (χ3v) is 2.24. The van der Waals surface area contributed by atoms with Crippen LogP contribution in [-0.2, 0) is 11.2 Å². The summed E-state index contributed by atoms with van der Waals surface area (Å²) in [6, 6.07) is 7.65. The molecular weight excluding hydrogens is 190 g/mol. The molecule has 82 valence electrons. The van der Waals surface area contributed by atoms with Gasteiger partial charge in [0.2, 0.25) is 0 Å². The Kier molecular flexibility index (Phi) is 4.31. The first-order valence-electron chi connectivity index (χ1n) is 5.06. The summed E-state index contributed by atoms with van der Waals surface area (Å²) in [4.78, 5) is 11.3. The van der Waals surface area contributed by atoms with E-state index in [-0.39, 0.29) is 12.0 Å². The van der Waals surface area contributed by atoms with Crippen LogP contribution in [0.5, 0.6) is 0 Å². The van der Waals surface area contributed by atoms with E-state index in [0.717, 1.165) is 18.4 Å². The van der Waals surface area contributed by atoms with Gasteiger partial charge in [-0.05, 0) is 37.5 Å². The molecule has 0 aliphatic heterocycles. The van der Waals surface area contributed by atoms with E-state index < -0.39 is 0 Å². The number of carbonyl (C=O) groups excluding carboxylic acids is 1. The van der Waals surface area contributed by atoms with Crippen molar-refractivity contribution in [2.24, 2.45) is 5.73 Å². The summed E-state index contributed by atoms with van der Waals surface area (Å²) in [6.07, 6.45) is 1.81. The third kappa shape index (κ3) is 3.72. The normalized spacial score (nSPS) is 12.2. The van der Waals surface area contributed by atoms with Gasteiger partial charge in [-0.3, -0.25) is 0 Å². The first-order chi connectivity index (χ1) is 7.13. The number of carbonyl (C=O) groups is 1. The average molecular weight is 207 g/mol. The number of benzene rings is 1. The lowest BCUT2D eigenvalue weighted by Crippen LogP contribution is -2.15. The van der Waals surface area contributed by atoms with Crippen LogP contribution in [0.3, 0.4) is 0 Å². The van der Waals surface area contributed by atoms with Gasteiger partial charge in [-0.2, -0.15) is 0 Å². The van der Waals surface area contributed by atoms with Gasteiger partial charge in [0.25, 0.3) is 0 Å². The SMILES string of the molecule is COC(=O)c1cccc(CCC(C)N)c1. The molecule has 1 atom stereocenters. The second-order valence-electron chi connectivity index (χ2n) is 3.71. The topological polar surface area (TPSA) is 52.3 Å². The minimum absolute atomic E-state index is 0.187. The van der Waals surface area contributed by atoms with Crippen molar-refractivity contribution in [3.63, 3.8) is 0 Å². The molecule has 3 nitrogen and oxygen atoms in total. The fourth-order valence-electron chi connectivity index (χ4n) is 1.37. The second kappa shape index (κ2) is 5.51. The van der Waals surface area contributed by atoms with Crippen LogP contribution in [0, 0.1) is 0 Å². The fraction of sp³-hybridized carbons (Fsp3) is 0.417. The predicted octanol–water partition coefficient (Wildman–Crippen LogP) is 1.75. The number of ether oxygens (including phenoxy) is 1. The zero-order valence-corrected chi connectivity index (χ0v) is 9.19. The van der Waals surface area contributed by atoms with Gasteiger partial charge in [-0.25, -0.2) is 4.79 Å². The predicted molar refractivity (Wildman–Crippen MR) is 59.8 cm³/mol. The molecule has 0 saturated heterocycles. The van der Waals surface area contributed by atoms with Gasteiger partial charge < -0.3 is 10.5 Å². The fourth-order valence-corrected chi connectivity index (χ4v) is 1.37. The van der Waals surface area contributed by atoms with Gasteiger partial charge in [0, 0.05) is 6.04 Å². The van der Waals surface area contributed by atoms with Crippen LogP contribution in [0.1, 0.15) is 29.3 Å². The van der Waals surface area contributed by atoms with Crippen molar-refractivity contribution >= 4 is 5.97 Å². The van der Waals surface area contributed by atoms with Gasteiger partial charge in [-0.15, -0.1) is 0 Å². The molecule has 0 aliphatic carbocycles. The Morgan fingerprint density at radius 1 is 1.53 bits per heavy atom. The lowest BCUT2D eigenvalue weighted by Gasteiger charge is -2.06. The van der Waals surface area contributed by atoms with Gasteiger partial charge in [0.15, 0.2) is 0 Å². The molecule has 0 saturated carbocycles. The zero-order valence-electron chi connectivity index (χ0n) is 9.19. The number of aryl methyl sites for hydroxylation is 1. The molecular formula is C12H17NO2. The molecule has 1 unspecified atom stereocenters. The minimum atomic E-state index is -0.294. The van der Waals surface area contributed by atoms with E-state index in [1.807, 2.05) is 25.1 Å². The maximum absolute atomic E-state index is 11.3. The Morgan fingerprint density at radius 3 is 2.87 bits per heavy atom. The molecule has 1 aromatic carbocycles. The highest BCUT2D eigenvalue weighted by molar-refractivity contribution is 5.89. The Morgan fingerprint density at radius 2 is 2.27 bits per heavy atom. The van der Waals surface area contributed by atoms with E-state index >= 15 is 0 Å². The van der Waals surface area contributed by atoms with Gasteiger partial charge in [-0.1, -0.05) is 12.1 Å². The van der Waals surface area contributed by atoms with Crippen molar-refractivity contribution in [3.05, 3.63) is 35.4 Å². The molecule has 0 aromatic heterocycles. The van der Waals surface area contributed by atoms with E-state index in [9.17, 15) is 4.79 Å². The number of rotatable bonds is 4. The highest BCUT2D eigenvalue weighted by atomic mass is 16.5. The maximum atomic E-state index is 11.3. The van der Waals surface area contributed by atoms with Crippen LogP contribution >= 0.6 is 0 Å². The Balaban J connectivity index is 2.70. The molecule has 3 heteroatoms. The molecule has 0 fully saturated rings. The number of esters is 1. The number of nitrogens with two attached hydrogens (primary N) is 1. The summed E-state index contributed by atoms with van der Waals surface area (Å²) in [5, 5.41) is 0. The summed E-state index contributed by atoms with van der Waals surface area (Å²) in [5.41, 5.74) is 7.39. The molecule has 2 N–H and O–H groups in total. The summed E-state index contributed by atoms with van der Waals surface area (Å²) < 4.78 is 4.65. The highest BCUT2D eigenvalue weighted by Gasteiger charge is 2.05. The van der Waals surface area contributed by atoms with Gasteiger partial charge in [0.05, 0.1) is 12.7 Å². The van der Waals surface area contributed by atoms with Crippen molar-refractivity contribution in [2.75, 3.05) is 7.11 Å². The summed E-state index contributed by atoms with van der Waals surface area (Å²) in [6.45, 7) is 1.98. The maximum Gasteiger partial charge on any atom is 0.337 e. The van der Waals surface area contributed by atoms with Gasteiger partial charge >= 0.3 is 5.97 Å². The third-order valence-electron chi connectivity index (χ3n) is 2.24. The van der Waals surface area contributed by atoms with Crippen LogP contribution < -0.4 is 5.73 Å². The summed E-state index contributed by atoms with van der Waals surface area (Å²) >= 11 is 0. The van der Waals surface area contributed by atoms with E-state index in [1.165, 1.54) is 7.11 Å². The summed E-state index contributed by atoms with van der Waals surface area (Å²) in [7, 11) is 1.39. The molecule has 0 radical (unpaired) electrons. The average Bonchev–Trinajstić information content (AvgIpc) is 2.25. The van der Waals surface area contributed by atoms with Crippen LogP contribution in [0.25, 0.3) is 0 Å².